The zero-order valence-corrected chi connectivity index (χ0v) is 6.87. The van der Waals surface area contributed by atoms with E-state index in [4.69, 9.17) is 10.4 Å². The van der Waals surface area contributed by atoms with Gasteiger partial charge < -0.3 is 5.11 Å². The molecule has 0 aromatic heterocycles. The summed E-state index contributed by atoms with van der Waals surface area (Å²) in [4.78, 5) is 10.5. The Bertz CT molecular complexity index is 169. The monoisotopic (exact) mass is 155 g/mol. The van der Waals surface area contributed by atoms with Crippen molar-refractivity contribution in [1.82, 2.24) is 0 Å². The molecule has 0 amide bonds. The van der Waals surface area contributed by atoms with Crippen molar-refractivity contribution in [3.8, 4) is 6.07 Å². The average molecular weight is 155 g/mol. The van der Waals surface area contributed by atoms with Crippen LogP contribution in [0, 0.1) is 23.2 Å². The third-order valence-electron chi connectivity index (χ3n) is 1.44. The van der Waals surface area contributed by atoms with Crippen molar-refractivity contribution >= 4 is 5.97 Å². The number of carboxylic acid groups (broad SMARTS) is 1. The van der Waals surface area contributed by atoms with Crippen molar-refractivity contribution in [3.63, 3.8) is 0 Å². The third kappa shape index (κ3) is 4.38. The standard InChI is InChI=1S/C8H13NO2/c1-6(2)5-7(3-4-9)8(10)11/h6-7H,3,5H2,1-2H3,(H,10,11). The molecule has 62 valence electrons. The SMILES string of the molecule is CC(C)CC(CC#N)C(=O)O. The molecule has 1 atom stereocenters. The highest BCUT2D eigenvalue weighted by atomic mass is 16.4. The number of rotatable bonds is 4. The van der Waals surface area contributed by atoms with Gasteiger partial charge in [-0.05, 0) is 12.3 Å². The van der Waals surface area contributed by atoms with Gasteiger partial charge in [0.15, 0.2) is 0 Å². The topological polar surface area (TPSA) is 61.1 Å². The molecule has 0 aliphatic heterocycles. The van der Waals surface area contributed by atoms with E-state index in [0.717, 1.165) is 0 Å². The Labute approximate surface area is 66.6 Å². The van der Waals surface area contributed by atoms with E-state index in [1.54, 1.807) is 0 Å². The minimum absolute atomic E-state index is 0.119. The average Bonchev–Trinajstić information content (AvgIpc) is 1.86. The summed E-state index contributed by atoms with van der Waals surface area (Å²) in [6.45, 7) is 3.90. The molecule has 0 rings (SSSR count). The molecule has 0 saturated heterocycles. The molecule has 0 saturated carbocycles. The highest BCUT2D eigenvalue weighted by Gasteiger charge is 2.17. The Morgan fingerprint density at radius 3 is 2.45 bits per heavy atom. The molecule has 0 spiro atoms. The first kappa shape index (κ1) is 9.96. The Kier molecular flexibility index (Phi) is 4.28. The molecule has 0 bridgehead atoms. The van der Waals surface area contributed by atoms with Crippen molar-refractivity contribution in [2.24, 2.45) is 11.8 Å². The fourth-order valence-corrected chi connectivity index (χ4v) is 0.951. The van der Waals surface area contributed by atoms with Crippen molar-refractivity contribution in [1.29, 1.82) is 5.26 Å². The van der Waals surface area contributed by atoms with Crippen LogP contribution in [-0.4, -0.2) is 11.1 Å². The van der Waals surface area contributed by atoms with Crippen LogP contribution >= 0.6 is 0 Å². The molecular weight excluding hydrogens is 142 g/mol. The van der Waals surface area contributed by atoms with Gasteiger partial charge in [-0.2, -0.15) is 5.26 Å². The van der Waals surface area contributed by atoms with Crippen molar-refractivity contribution in [2.75, 3.05) is 0 Å². The summed E-state index contributed by atoms with van der Waals surface area (Å²) in [5.74, 6) is -1.01. The second kappa shape index (κ2) is 4.73. The predicted molar refractivity (Wildman–Crippen MR) is 40.8 cm³/mol. The summed E-state index contributed by atoms with van der Waals surface area (Å²) in [5.41, 5.74) is 0. The molecule has 0 aliphatic carbocycles. The van der Waals surface area contributed by atoms with Gasteiger partial charge in [-0.25, -0.2) is 0 Å². The maximum atomic E-state index is 10.5. The van der Waals surface area contributed by atoms with Gasteiger partial charge in [0, 0.05) is 6.42 Å². The van der Waals surface area contributed by atoms with E-state index < -0.39 is 11.9 Å². The van der Waals surface area contributed by atoms with Crippen molar-refractivity contribution < 1.29 is 9.90 Å². The Morgan fingerprint density at radius 2 is 2.18 bits per heavy atom. The van der Waals surface area contributed by atoms with E-state index in [1.807, 2.05) is 19.9 Å². The smallest absolute Gasteiger partial charge is 0.307 e. The number of hydrogen-bond donors (Lipinski definition) is 1. The van der Waals surface area contributed by atoms with E-state index in [0.29, 0.717) is 12.3 Å². The first-order valence-electron chi connectivity index (χ1n) is 3.67. The highest BCUT2D eigenvalue weighted by molar-refractivity contribution is 5.70. The summed E-state index contributed by atoms with van der Waals surface area (Å²) in [6, 6.07) is 1.87. The lowest BCUT2D eigenvalue weighted by Gasteiger charge is -2.09. The van der Waals surface area contributed by atoms with Gasteiger partial charge in [-0.1, -0.05) is 13.8 Å². The Hall–Kier alpha value is -1.04. The highest BCUT2D eigenvalue weighted by Crippen LogP contribution is 2.14. The largest absolute Gasteiger partial charge is 0.481 e. The van der Waals surface area contributed by atoms with E-state index in [2.05, 4.69) is 0 Å². The fraction of sp³-hybridized carbons (Fsp3) is 0.750. The summed E-state index contributed by atoms with van der Waals surface area (Å²) in [7, 11) is 0. The summed E-state index contributed by atoms with van der Waals surface area (Å²) in [6.07, 6.45) is 0.705. The number of carboxylic acids is 1. The second-order valence-electron chi connectivity index (χ2n) is 3.03. The molecule has 3 nitrogen and oxygen atoms in total. The molecular formula is C8H13NO2. The van der Waals surface area contributed by atoms with Crippen LogP contribution in [0.3, 0.4) is 0 Å². The summed E-state index contributed by atoms with van der Waals surface area (Å²) < 4.78 is 0. The quantitative estimate of drug-likeness (QED) is 0.671. The maximum absolute atomic E-state index is 10.5. The van der Waals surface area contributed by atoms with Gasteiger partial charge in [0.25, 0.3) is 0 Å². The van der Waals surface area contributed by atoms with Crippen molar-refractivity contribution in [2.45, 2.75) is 26.7 Å². The van der Waals surface area contributed by atoms with Crippen LogP contribution in [0.5, 0.6) is 0 Å². The van der Waals surface area contributed by atoms with Crippen LogP contribution in [0.1, 0.15) is 26.7 Å². The summed E-state index contributed by atoms with van der Waals surface area (Å²) >= 11 is 0. The molecule has 0 fully saturated rings. The van der Waals surface area contributed by atoms with Crippen LogP contribution in [0.25, 0.3) is 0 Å². The lowest BCUT2D eigenvalue weighted by Crippen LogP contribution is -2.15. The zero-order valence-electron chi connectivity index (χ0n) is 6.87. The Morgan fingerprint density at radius 1 is 1.64 bits per heavy atom. The van der Waals surface area contributed by atoms with Gasteiger partial charge in [0.05, 0.1) is 12.0 Å². The van der Waals surface area contributed by atoms with E-state index in [-0.39, 0.29) is 6.42 Å². The lowest BCUT2D eigenvalue weighted by molar-refractivity contribution is -0.142. The number of aliphatic carboxylic acids is 1. The number of carbonyl (C=O) groups is 1. The molecule has 3 heteroatoms. The normalized spacial score (nSPS) is 12.5. The third-order valence-corrected chi connectivity index (χ3v) is 1.44. The molecule has 0 aliphatic rings. The van der Waals surface area contributed by atoms with Crippen LogP contribution in [-0.2, 0) is 4.79 Å². The first-order valence-corrected chi connectivity index (χ1v) is 3.67. The van der Waals surface area contributed by atoms with Crippen LogP contribution in [0.4, 0.5) is 0 Å². The van der Waals surface area contributed by atoms with Gasteiger partial charge in [-0.3, -0.25) is 4.79 Å². The van der Waals surface area contributed by atoms with Crippen LogP contribution in [0.2, 0.25) is 0 Å². The molecule has 1 unspecified atom stereocenters. The van der Waals surface area contributed by atoms with Crippen LogP contribution < -0.4 is 0 Å². The Balaban J connectivity index is 3.92. The molecule has 0 aromatic rings. The predicted octanol–water partition coefficient (Wildman–Crippen LogP) is 1.65. The van der Waals surface area contributed by atoms with E-state index >= 15 is 0 Å². The second-order valence-corrected chi connectivity index (χ2v) is 3.03. The van der Waals surface area contributed by atoms with Gasteiger partial charge in [0.2, 0.25) is 0 Å². The lowest BCUT2D eigenvalue weighted by atomic mass is 9.95. The molecule has 1 N–H and O–H groups in total. The zero-order chi connectivity index (χ0) is 8.85. The van der Waals surface area contributed by atoms with Gasteiger partial charge in [0.1, 0.15) is 0 Å². The molecule has 0 radical (unpaired) electrons. The summed E-state index contributed by atoms with van der Waals surface area (Å²) in [5, 5.41) is 16.9. The first-order chi connectivity index (χ1) is 5.07. The minimum Gasteiger partial charge on any atom is -0.481 e. The number of hydrogen-bond acceptors (Lipinski definition) is 2. The number of nitrogens with zero attached hydrogens (tertiary/aromatic N) is 1. The fourth-order valence-electron chi connectivity index (χ4n) is 0.951. The van der Waals surface area contributed by atoms with Gasteiger partial charge in [-0.15, -0.1) is 0 Å². The van der Waals surface area contributed by atoms with Crippen LogP contribution in [0.15, 0.2) is 0 Å². The van der Waals surface area contributed by atoms with E-state index in [1.165, 1.54) is 0 Å². The van der Waals surface area contributed by atoms with E-state index in [9.17, 15) is 4.79 Å². The molecule has 0 heterocycles. The molecule has 0 aromatic carbocycles. The van der Waals surface area contributed by atoms with Gasteiger partial charge >= 0.3 is 5.97 Å². The maximum Gasteiger partial charge on any atom is 0.307 e. The van der Waals surface area contributed by atoms with Crippen molar-refractivity contribution in [3.05, 3.63) is 0 Å². The number of nitriles is 1. The minimum atomic E-state index is -0.861. The molecule has 11 heavy (non-hydrogen) atoms.